The first-order chi connectivity index (χ1) is 10.4. The van der Waals surface area contributed by atoms with Gasteiger partial charge in [0.05, 0.1) is 7.11 Å². The van der Waals surface area contributed by atoms with E-state index in [4.69, 9.17) is 4.74 Å². The molecule has 122 valence electrons. The van der Waals surface area contributed by atoms with Crippen molar-refractivity contribution in [2.24, 2.45) is 0 Å². The van der Waals surface area contributed by atoms with E-state index in [0.29, 0.717) is 11.3 Å². The molecule has 0 fully saturated rings. The van der Waals surface area contributed by atoms with Gasteiger partial charge in [0.15, 0.2) is 11.6 Å². The van der Waals surface area contributed by atoms with Gasteiger partial charge in [-0.2, -0.15) is 0 Å². The number of halogens is 1. The average molecular weight is 304 g/mol. The highest BCUT2D eigenvalue weighted by Gasteiger charge is 2.02. The highest BCUT2D eigenvalue weighted by atomic mass is 19.1. The summed E-state index contributed by atoms with van der Waals surface area (Å²) in [5.74, 6) is 0.0324. The first-order valence-electron chi connectivity index (χ1n) is 7.70. The smallest absolute Gasteiger partial charge is 0.167 e. The predicted octanol–water partition coefficient (Wildman–Crippen LogP) is 6.09. The minimum atomic E-state index is -0.273. The molecule has 0 saturated heterocycles. The molecule has 0 saturated carbocycles. The molecule has 22 heavy (non-hydrogen) atoms. The van der Waals surface area contributed by atoms with E-state index in [1.165, 1.54) is 29.4 Å². The lowest BCUT2D eigenvalue weighted by molar-refractivity contribution is 0.385. The summed E-state index contributed by atoms with van der Waals surface area (Å²) in [6.07, 6.45) is 0. The van der Waals surface area contributed by atoms with Crippen molar-refractivity contribution in [3.05, 3.63) is 64.0 Å². The normalized spacial score (nSPS) is 9.14. The molecule has 0 unspecified atom stereocenters. The zero-order valence-corrected chi connectivity index (χ0v) is 15.2. The average Bonchev–Trinajstić information content (AvgIpc) is 2.50. The molecule has 0 radical (unpaired) electrons. The summed E-state index contributed by atoms with van der Waals surface area (Å²) < 4.78 is 17.6. The zero-order chi connectivity index (χ0) is 17.3. The van der Waals surface area contributed by atoms with Crippen LogP contribution in [0, 0.1) is 40.4 Å². The second kappa shape index (κ2) is 9.99. The van der Waals surface area contributed by atoms with Crippen LogP contribution in [0.2, 0.25) is 0 Å². The highest BCUT2D eigenvalue weighted by molar-refractivity contribution is 5.36. The van der Waals surface area contributed by atoms with Gasteiger partial charge in [-0.05, 0) is 62.9 Å². The maximum atomic E-state index is 12.9. The lowest BCUT2D eigenvalue weighted by Gasteiger charge is -2.04. The van der Waals surface area contributed by atoms with E-state index in [2.05, 4.69) is 39.8 Å². The molecule has 0 aliphatic rings. The van der Waals surface area contributed by atoms with Crippen molar-refractivity contribution < 1.29 is 9.13 Å². The van der Waals surface area contributed by atoms with E-state index in [0.717, 1.165) is 0 Å². The lowest BCUT2D eigenvalue weighted by atomic mass is 10.0. The van der Waals surface area contributed by atoms with Crippen LogP contribution in [0.3, 0.4) is 0 Å². The molecule has 0 spiro atoms. The summed E-state index contributed by atoms with van der Waals surface area (Å²) in [5.41, 5.74) is 6.19. The largest absolute Gasteiger partial charge is 0.494 e. The third-order valence-corrected chi connectivity index (χ3v) is 3.45. The molecular formula is C20H29FO. The summed E-state index contributed by atoms with van der Waals surface area (Å²) in [7, 11) is 1.46. The number of benzene rings is 2. The van der Waals surface area contributed by atoms with Gasteiger partial charge in [0.2, 0.25) is 0 Å². The van der Waals surface area contributed by atoms with Crippen molar-refractivity contribution in [2.75, 3.05) is 7.11 Å². The van der Waals surface area contributed by atoms with Crippen LogP contribution in [0.15, 0.2) is 30.3 Å². The summed E-state index contributed by atoms with van der Waals surface area (Å²) in [6, 6.07) is 9.52. The van der Waals surface area contributed by atoms with Crippen molar-refractivity contribution in [1.82, 2.24) is 0 Å². The van der Waals surface area contributed by atoms with E-state index < -0.39 is 0 Å². The summed E-state index contributed by atoms with van der Waals surface area (Å²) in [5, 5.41) is 0. The van der Waals surface area contributed by atoms with Gasteiger partial charge < -0.3 is 4.74 Å². The summed E-state index contributed by atoms with van der Waals surface area (Å²) >= 11 is 0. The van der Waals surface area contributed by atoms with Gasteiger partial charge in [-0.3, -0.25) is 0 Å². The predicted molar refractivity (Wildman–Crippen MR) is 94.4 cm³/mol. The Morgan fingerprint density at radius 3 is 1.73 bits per heavy atom. The Kier molecular flexibility index (Phi) is 9.16. The second-order valence-corrected chi connectivity index (χ2v) is 5.11. The van der Waals surface area contributed by atoms with Gasteiger partial charge in [-0.25, -0.2) is 4.39 Å². The molecule has 0 bridgehead atoms. The van der Waals surface area contributed by atoms with Crippen LogP contribution in [-0.4, -0.2) is 7.11 Å². The molecule has 0 amide bonds. The van der Waals surface area contributed by atoms with Crippen molar-refractivity contribution >= 4 is 0 Å². The zero-order valence-electron chi connectivity index (χ0n) is 15.2. The molecule has 2 aromatic carbocycles. The fraction of sp³-hybridized carbons (Fsp3) is 0.400. The molecule has 0 aromatic heterocycles. The summed E-state index contributed by atoms with van der Waals surface area (Å²) in [4.78, 5) is 0. The minimum Gasteiger partial charge on any atom is -0.494 e. The van der Waals surface area contributed by atoms with Crippen molar-refractivity contribution in [2.45, 2.75) is 48.5 Å². The van der Waals surface area contributed by atoms with E-state index >= 15 is 0 Å². The Balaban J connectivity index is 0.000000360. The van der Waals surface area contributed by atoms with Gasteiger partial charge >= 0.3 is 0 Å². The SMILES string of the molecule is CC.COc1cccc(C)c1F.Cc1cc(C)c(C)c(C)c1. The Labute approximate surface area is 135 Å². The number of ether oxygens (including phenoxy) is 1. The molecule has 2 aromatic rings. The van der Waals surface area contributed by atoms with Crippen molar-refractivity contribution in [1.29, 1.82) is 0 Å². The highest BCUT2D eigenvalue weighted by Crippen LogP contribution is 2.18. The first-order valence-corrected chi connectivity index (χ1v) is 7.70. The van der Waals surface area contributed by atoms with Gasteiger partial charge in [-0.1, -0.05) is 43.7 Å². The van der Waals surface area contributed by atoms with E-state index in [1.807, 2.05) is 13.8 Å². The Morgan fingerprint density at radius 1 is 0.818 bits per heavy atom. The Hall–Kier alpha value is -1.83. The van der Waals surface area contributed by atoms with E-state index in [9.17, 15) is 4.39 Å². The maximum Gasteiger partial charge on any atom is 0.167 e. The number of hydrogen-bond donors (Lipinski definition) is 0. The van der Waals surface area contributed by atoms with Crippen LogP contribution >= 0.6 is 0 Å². The lowest BCUT2D eigenvalue weighted by Crippen LogP contribution is -1.89. The topological polar surface area (TPSA) is 9.23 Å². The number of aryl methyl sites for hydroxylation is 4. The van der Waals surface area contributed by atoms with Crippen LogP contribution in [0.5, 0.6) is 5.75 Å². The van der Waals surface area contributed by atoms with Gasteiger partial charge in [0.1, 0.15) is 0 Å². The number of hydrogen-bond acceptors (Lipinski definition) is 1. The van der Waals surface area contributed by atoms with Crippen LogP contribution in [-0.2, 0) is 0 Å². The minimum absolute atomic E-state index is 0.273. The fourth-order valence-electron chi connectivity index (χ4n) is 2.03. The van der Waals surface area contributed by atoms with Crippen LogP contribution in [0.25, 0.3) is 0 Å². The summed E-state index contributed by atoms with van der Waals surface area (Å²) in [6.45, 7) is 14.3. The first kappa shape index (κ1) is 20.2. The standard InChI is InChI=1S/C10H14.C8H9FO.C2H6/c1-7-5-8(2)10(4)9(3)6-7;1-6-4-3-5-7(10-2)8(6)9;1-2/h5-6H,1-4H3;3-5H,1-2H3;1-2H3. The molecule has 2 rings (SSSR count). The van der Waals surface area contributed by atoms with Crippen LogP contribution in [0.1, 0.15) is 41.7 Å². The van der Waals surface area contributed by atoms with Crippen molar-refractivity contribution in [3.8, 4) is 5.75 Å². The van der Waals surface area contributed by atoms with Crippen molar-refractivity contribution in [3.63, 3.8) is 0 Å². The maximum absolute atomic E-state index is 12.9. The molecule has 0 heterocycles. The molecule has 0 aliphatic heterocycles. The Bertz CT molecular complexity index is 565. The molecule has 0 N–H and O–H groups in total. The van der Waals surface area contributed by atoms with Gasteiger partial charge in [0, 0.05) is 0 Å². The fourth-order valence-corrected chi connectivity index (χ4v) is 2.03. The van der Waals surface area contributed by atoms with Gasteiger partial charge in [0.25, 0.3) is 0 Å². The second-order valence-electron chi connectivity index (χ2n) is 5.11. The molecule has 2 heteroatoms. The quantitative estimate of drug-likeness (QED) is 0.619. The van der Waals surface area contributed by atoms with E-state index in [-0.39, 0.29) is 5.82 Å². The monoisotopic (exact) mass is 304 g/mol. The third-order valence-electron chi connectivity index (χ3n) is 3.45. The molecule has 0 aliphatic carbocycles. The molecule has 1 nitrogen and oxygen atoms in total. The van der Waals surface area contributed by atoms with Crippen LogP contribution < -0.4 is 4.74 Å². The Morgan fingerprint density at radius 2 is 1.32 bits per heavy atom. The van der Waals surface area contributed by atoms with Crippen LogP contribution in [0.4, 0.5) is 4.39 Å². The van der Waals surface area contributed by atoms with Gasteiger partial charge in [-0.15, -0.1) is 0 Å². The molecule has 0 atom stereocenters. The number of methoxy groups -OCH3 is 1. The molecular weight excluding hydrogens is 275 g/mol. The number of rotatable bonds is 1. The third kappa shape index (κ3) is 5.88. The van der Waals surface area contributed by atoms with E-state index in [1.54, 1.807) is 25.1 Å².